The van der Waals surface area contributed by atoms with E-state index in [1.54, 1.807) is 12.4 Å². The van der Waals surface area contributed by atoms with Crippen LogP contribution in [0.1, 0.15) is 18.4 Å². The molecule has 18 heavy (non-hydrogen) atoms. The van der Waals surface area contributed by atoms with Crippen LogP contribution in [0.4, 0.5) is 0 Å². The predicted molar refractivity (Wildman–Crippen MR) is 63.5 cm³/mol. The molecule has 0 aliphatic carbocycles. The third-order valence-electron chi connectivity index (χ3n) is 3.45. The van der Waals surface area contributed by atoms with Crippen molar-refractivity contribution in [2.24, 2.45) is 5.92 Å². The van der Waals surface area contributed by atoms with E-state index in [9.17, 15) is 4.79 Å². The molecule has 0 aromatic carbocycles. The average molecular weight is 270 g/mol. The Morgan fingerprint density at radius 3 is 2.61 bits per heavy atom. The summed E-state index contributed by atoms with van der Waals surface area (Å²) in [7, 11) is 0. The molecule has 4 rings (SSSR count). The Balaban J connectivity index is 0.000000810. The Bertz CT molecular complexity index is 440. The number of aromatic nitrogens is 1. The second-order valence-corrected chi connectivity index (χ2v) is 4.44. The number of pyridine rings is 1. The number of carbonyl (C=O) groups is 1. The predicted octanol–water partition coefficient (Wildman–Crippen LogP) is -1.46. The first-order valence-corrected chi connectivity index (χ1v) is 5.75. The number of hydrogen-bond acceptors (Lipinski definition) is 4. The zero-order chi connectivity index (χ0) is 11.0. The maximum atomic E-state index is 12.1. The van der Waals surface area contributed by atoms with E-state index in [0.29, 0.717) is 5.78 Å². The molecule has 90 valence electrons. The summed E-state index contributed by atoms with van der Waals surface area (Å²) in [6.07, 6.45) is 7.58. The smallest absolute Gasteiger partial charge is 0.870 e. The molecule has 1 N–H and O–H groups in total. The van der Waals surface area contributed by atoms with Crippen LogP contribution >= 0.6 is 0 Å². The van der Waals surface area contributed by atoms with Crippen LogP contribution in [0, 0.1) is 5.92 Å². The summed E-state index contributed by atoms with van der Waals surface area (Å²) in [5, 5.41) is 0. The monoisotopic (exact) mass is 270 g/mol. The van der Waals surface area contributed by atoms with Gasteiger partial charge in [-0.2, -0.15) is 0 Å². The minimum Gasteiger partial charge on any atom is -0.870 e. The molecule has 4 nitrogen and oxygen atoms in total. The van der Waals surface area contributed by atoms with Crippen molar-refractivity contribution in [3.05, 3.63) is 35.8 Å². The number of hydrogen-bond donors (Lipinski definition) is 0. The van der Waals surface area contributed by atoms with E-state index in [-0.39, 0.29) is 62.8 Å². The van der Waals surface area contributed by atoms with Gasteiger partial charge in [-0.3, -0.25) is 9.78 Å². The van der Waals surface area contributed by atoms with Gasteiger partial charge in [-0.1, -0.05) is 6.07 Å². The maximum absolute atomic E-state index is 12.1. The van der Waals surface area contributed by atoms with Crippen molar-refractivity contribution in [1.82, 2.24) is 9.88 Å². The Hall–Kier alpha value is -0.0436. The topological polar surface area (TPSA) is 63.2 Å². The normalized spacial score (nSPS) is 20.6. The molecule has 0 radical (unpaired) electrons. The van der Waals surface area contributed by atoms with Crippen molar-refractivity contribution in [3.63, 3.8) is 0 Å². The molecular weight excluding hydrogens is 255 g/mol. The number of carbonyl (C=O) groups excluding carboxylic acids is 1. The van der Waals surface area contributed by atoms with Crippen LogP contribution in [-0.2, 0) is 4.79 Å². The van der Waals surface area contributed by atoms with Gasteiger partial charge in [0.2, 0.25) is 0 Å². The van der Waals surface area contributed by atoms with Gasteiger partial charge >= 0.3 is 51.4 Å². The van der Waals surface area contributed by atoms with Gasteiger partial charge in [0.15, 0.2) is 5.78 Å². The number of nitrogens with zero attached hydrogens (tertiary/aromatic N) is 2. The Morgan fingerprint density at radius 2 is 2.06 bits per heavy atom. The van der Waals surface area contributed by atoms with Gasteiger partial charge in [-0.15, -0.1) is 0 Å². The molecule has 1 aromatic rings. The molecule has 3 aliphatic heterocycles. The van der Waals surface area contributed by atoms with Crippen LogP contribution in [-0.4, -0.2) is 34.2 Å². The Kier molecular flexibility index (Phi) is 6.17. The van der Waals surface area contributed by atoms with Crippen LogP contribution in [0.15, 0.2) is 30.2 Å². The van der Waals surface area contributed by atoms with Crippen LogP contribution in [0.25, 0.3) is 6.08 Å². The Labute approximate surface area is 149 Å². The molecule has 2 bridgehead atoms. The van der Waals surface area contributed by atoms with E-state index >= 15 is 0 Å². The second-order valence-electron chi connectivity index (χ2n) is 4.44. The van der Waals surface area contributed by atoms with E-state index in [2.05, 4.69) is 9.88 Å². The van der Waals surface area contributed by atoms with E-state index < -0.39 is 0 Å². The quantitative estimate of drug-likeness (QED) is 0.462. The van der Waals surface area contributed by atoms with Gasteiger partial charge in [-0.05, 0) is 30.5 Å². The standard InChI is InChI=1S/C13H14N2O.K.H2O/c16-13-11-3-6-15(7-4-11)12(13)8-10-2-1-5-14-9-10;;/h1-2,5,8-9,11H,3-4,6-7H2;;1H2/q;+1;/p-1. The zero-order valence-electron chi connectivity index (χ0n) is 10.5. The van der Waals surface area contributed by atoms with Crippen LogP contribution in [0.2, 0.25) is 0 Å². The summed E-state index contributed by atoms with van der Waals surface area (Å²) in [5.41, 5.74) is 1.90. The summed E-state index contributed by atoms with van der Waals surface area (Å²) >= 11 is 0. The van der Waals surface area contributed by atoms with Gasteiger partial charge in [0, 0.05) is 31.4 Å². The summed E-state index contributed by atoms with van der Waals surface area (Å²) in [6.45, 7) is 2.06. The molecule has 3 aliphatic rings. The molecule has 5 heteroatoms. The van der Waals surface area contributed by atoms with Crippen molar-refractivity contribution in [2.45, 2.75) is 12.8 Å². The molecule has 4 heterocycles. The number of Topliss-reactive ketones (excluding diaryl/α,β-unsaturated/α-hetero) is 1. The minimum absolute atomic E-state index is 0. The largest absolute Gasteiger partial charge is 1.00 e. The Morgan fingerprint density at radius 1 is 1.33 bits per heavy atom. The van der Waals surface area contributed by atoms with Gasteiger partial charge in [0.05, 0.1) is 5.70 Å². The summed E-state index contributed by atoms with van der Waals surface area (Å²) < 4.78 is 0. The second kappa shape index (κ2) is 6.93. The molecular formula is C13H15KN2O2. The van der Waals surface area contributed by atoms with Crippen molar-refractivity contribution in [2.75, 3.05) is 13.1 Å². The minimum atomic E-state index is 0. The van der Waals surface area contributed by atoms with E-state index in [4.69, 9.17) is 0 Å². The molecule has 3 fully saturated rings. The molecule has 0 spiro atoms. The summed E-state index contributed by atoms with van der Waals surface area (Å²) in [4.78, 5) is 18.3. The fraction of sp³-hybridized carbons (Fsp3) is 0.385. The number of rotatable bonds is 1. The van der Waals surface area contributed by atoms with Crippen molar-refractivity contribution in [1.29, 1.82) is 0 Å². The third kappa shape index (κ3) is 3.10. The molecule has 0 amide bonds. The number of piperidine rings is 3. The molecule has 3 saturated heterocycles. The van der Waals surface area contributed by atoms with Gasteiger partial charge in [0.1, 0.15) is 0 Å². The van der Waals surface area contributed by atoms with Gasteiger partial charge in [-0.25, -0.2) is 0 Å². The van der Waals surface area contributed by atoms with Gasteiger partial charge < -0.3 is 10.4 Å². The third-order valence-corrected chi connectivity index (χ3v) is 3.45. The molecule has 1 aromatic heterocycles. The van der Waals surface area contributed by atoms with Crippen LogP contribution in [0.3, 0.4) is 0 Å². The SMILES string of the molecule is O=C1C(=Cc2cccnc2)N2CCC1CC2.[K+].[OH-]. The zero-order valence-corrected chi connectivity index (χ0v) is 13.7. The molecule has 0 atom stereocenters. The van der Waals surface area contributed by atoms with E-state index in [1.807, 2.05) is 18.2 Å². The summed E-state index contributed by atoms with van der Waals surface area (Å²) in [6, 6.07) is 3.88. The maximum Gasteiger partial charge on any atom is 1.00 e. The van der Waals surface area contributed by atoms with Gasteiger partial charge in [0.25, 0.3) is 0 Å². The fourth-order valence-electron chi connectivity index (χ4n) is 2.53. The van der Waals surface area contributed by atoms with Crippen molar-refractivity contribution in [3.8, 4) is 0 Å². The molecule has 0 saturated carbocycles. The van der Waals surface area contributed by atoms with Crippen molar-refractivity contribution < 1.29 is 61.7 Å². The van der Waals surface area contributed by atoms with E-state index in [1.165, 1.54) is 0 Å². The first kappa shape index (κ1) is 16.0. The fourth-order valence-corrected chi connectivity index (χ4v) is 2.53. The first-order valence-electron chi connectivity index (χ1n) is 5.75. The van der Waals surface area contributed by atoms with Crippen LogP contribution < -0.4 is 51.4 Å². The van der Waals surface area contributed by atoms with Crippen LogP contribution in [0.5, 0.6) is 0 Å². The summed E-state index contributed by atoms with van der Waals surface area (Å²) in [5.74, 6) is 0.592. The van der Waals surface area contributed by atoms with E-state index in [0.717, 1.165) is 37.2 Å². The number of fused-ring (bicyclic) bond motifs is 3. The van der Waals surface area contributed by atoms with Crippen molar-refractivity contribution >= 4 is 11.9 Å². The first-order chi connectivity index (χ1) is 7.84. The average Bonchev–Trinajstić information content (AvgIpc) is 2.36. The number of allylic oxidation sites excluding steroid dienone is 1. The number of ketones is 1. The molecule has 0 unspecified atom stereocenters.